The Balaban J connectivity index is 1.98. The van der Waals surface area contributed by atoms with Crippen molar-refractivity contribution in [1.29, 1.82) is 0 Å². The molecule has 0 saturated heterocycles. The molecule has 1 saturated carbocycles. The van der Waals surface area contributed by atoms with Gasteiger partial charge >= 0.3 is 5.97 Å². The Morgan fingerprint density at radius 1 is 1.25 bits per heavy atom. The number of carbonyl (C=O) groups is 2. The number of hydrogen-bond acceptors (Lipinski definition) is 7. The van der Waals surface area contributed by atoms with Crippen LogP contribution in [0.25, 0.3) is 0 Å². The van der Waals surface area contributed by atoms with E-state index in [4.69, 9.17) is 9.47 Å². The van der Waals surface area contributed by atoms with Crippen molar-refractivity contribution in [3.63, 3.8) is 0 Å². The first-order valence-corrected chi connectivity index (χ1v) is 7.65. The summed E-state index contributed by atoms with van der Waals surface area (Å²) >= 11 is 0. The van der Waals surface area contributed by atoms with Crippen LogP contribution in [0.1, 0.15) is 49.4 Å². The number of aromatic carboxylic acids is 1. The fourth-order valence-corrected chi connectivity index (χ4v) is 2.78. The molecule has 1 aromatic rings. The summed E-state index contributed by atoms with van der Waals surface area (Å²) < 4.78 is 10.6. The maximum atomic E-state index is 11.9. The Bertz CT molecular complexity index is 650. The minimum atomic E-state index is -1.69. The summed E-state index contributed by atoms with van der Waals surface area (Å²) in [7, 11) is 0. The maximum Gasteiger partial charge on any atom is 0.344 e. The largest absolute Gasteiger partial charge is 0.545 e. The zero-order valence-corrected chi connectivity index (χ0v) is 13.3. The van der Waals surface area contributed by atoms with E-state index in [1.807, 2.05) is 6.92 Å². The average molecular weight is 336 g/mol. The zero-order valence-electron chi connectivity index (χ0n) is 13.3. The smallest absolute Gasteiger partial charge is 0.344 e. The molecule has 0 amide bonds. The third-order valence-corrected chi connectivity index (χ3v) is 4.01. The summed E-state index contributed by atoms with van der Waals surface area (Å²) in [4.78, 5) is 32.8. The van der Waals surface area contributed by atoms with Crippen molar-refractivity contribution >= 4 is 17.6 Å². The van der Waals surface area contributed by atoms with Crippen LogP contribution in [0.2, 0.25) is 0 Å². The summed E-state index contributed by atoms with van der Waals surface area (Å²) in [6, 6.07) is 3.18. The van der Waals surface area contributed by atoms with Gasteiger partial charge < -0.3 is 19.4 Å². The highest BCUT2D eigenvalue weighted by Gasteiger charge is 2.30. The van der Waals surface area contributed by atoms with Crippen LogP contribution in [-0.2, 0) is 9.53 Å². The maximum absolute atomic E-state index is 11.9. The SMILES string of the molecule is CC1(OC(=O)COc2ccc([N+](=O)[O-])c(C(=O)[O-])c2)CCCCC1. The second-order valence-electron chi connectivity index (χ2n) is 6.00. The molecule has 0 atom stereocenters. The Morgan fingerprint density at radius 2 is 1.92 bits per heavy atom. The topological polar surface area (TPSA) is 119 Å². The first-order valence-electron chi connectivity index (χ1n) is 7.65. The van der Waals surface area contributed by atoms with E-state index in [1.54, 1.807) is 0 Å². The Labute approximate surface area is 138 Å². The van der Waals surface area contributed by atoms with Crippen molar-refractivity contribution in [2.24, 2.45) is 0 Å². The number of nitro groups is 1. The molecule has 1 aliphatic rings. The van der Waals surface area contributed by atoms with E-state index in [1.165, 1.54) is 6.07 Å². The number of nitro benzene ring substituents is 1. The molecule has 1 aliphatic carbocycles. The van der Waals surface area contributed by atoms with Crippen molar-refractivity contribution in [2.45, 2.75) is 44.6 Å². The van der Waals surface area contributed by atoms with E-state index in [0.29, 0.717) is 0 Å². The minimum absolute atomic E-state index is 0.0190. The standard InChI is InChI=1S/C16H19NO7/c1-16(7-3-2-4-8-16)24-14(18)10-23-11-5-6-13(17(21)22)12(9-11)15(19)20/h5-6,9H,2-4,7-8,10H2,1H3,(H,19,20)/p-1. The molecule has 0 bridgehead atoms. The van der Waals surface area contributed by atoms with E-state index >= 15 is 0 Å². The van der Waals surface area contributed by atoms with Gasteiger partial charge in [0, 0.05) is 6.07 Å². The highest BCUT2D eigenvalue weighted by atomic mass is 16.6. The Kier molecular flexibility index (Phi) is 5.38. The molecule has 130 valence electrons. The predicted octanol–water partition coefficient (Wildman–Crippen LogP) is 1.60. The van der Waals surface area contributed by atoms with Gasteiger partial charge in [0.05, 0.1) is 16.5 Å². The zero-order chi connectivity index (χ0) is 17.7. The first kappa shape index (κ1) is 17.7. The van der Waals surface area contributed by atoms with Crippen molar-refractivity contribution in [1.82, 2.24) is 0 Å². The van der Waals surface area contributed by atoms with Crippen LogP contribution in [0, 0.1) is 10.1 Å². The number of carboxylic acids is 1. The van der Waals surface area contributed by atoms with Gasteiger partial charge in [-0.25, -0.2) is 4.79 Å². The molecule has 0 spiro atoms. The second-order valence-corrected chi connectivity index (χ2v) is 6.00. The van der Waals surface area contributed by atoms with Crippen LogP contribution in [0.15, 0.2) is 18.2 Å². The number of hydrogen-bond donors (Lipinski definition) is 0. The Hall–Kier alpha value is -2.64. The second kappa shape index (κ2) is 7.29. The number of benzene rings is 1. The molecule has 0 aliphatic heterocycles. The third kappa shape index (κ3) is 4.43. The van der Waals surface area contributed by atoms with Gasteiger partial charge in [-0.05, 0) is 44.7 Å². The van der Waals surface area contributed by atoms with Crippen LogP contribution in [0.5, 0.6) is 5.75 Å². The number of rotatable bonds is 6. The lowest BCUT2D eigenvalue weighted by Gasteiger charge is -2.33. The molecule has 0 unspecified atom stereocenters. The van der Waals surface area contributed by atoms with Crippen LogP contribution in [0.3, 0.4) is 0 Å². The normalized spacial score (nSPS) is 16.2. The van der Waals surface area contributed by atoms with Crippen molar-refractivity contribution in [3.05, 3.63) is 33.9 Å². The number of nitrogens with zero attached hydrogens (tertiary/aromatic N) is 1. The highest BCUT2D eigenvalue weighted by molar-refractivity contribution is 5.91. The quantitative estimate of drug-likeness (QED) is 0.439. The van der Waals surface area contributed by atoms with Crippen LogP contribution < -0.4 is 9.84 Å². The fourth-order valence-electron chi connectivity index (χ4n) is 2.78. The number of ether oxygens (including phenoxy) is 2. The van der Waals surface area contributed by atoms with Gasteiger partial charge in [0.1, 0.15) is 11.4 Å². The van der Waals surface area contributed by atoms with Crippen LogP contribution >= 0.6 is 0 Å². The molecule has 0 radical (unpaired) electrons. The van der Waals surface area contributed by atoms with Crippen LogP contribution in [0.4, 0.5) is 5.69 Å². The van der Waals surface area contributed by atoms with Gasteiger partial charge in [0.25, 0.3) is 5.69 Å². The molecule has 24 heavy (non-hydrogen) atoms. The molecule has 8 heteroatoms. The van der Waals surface area contributed by atoms with Crippen molar-refractivity contribution in [3.8, 4) is 5.75 Å². The van der Waals surface area contributed by atoms with E-state index in [-0.39, 0.29) is 5.75 Å². The summed E-state index contributed by atoms with van der Waals surface area (Å²) in [6.07, 6.45) is 4.72. The number of carboxylic acid groups (broad SMARTS) is 1. The molecule has 0 aromatic heterocycles. The number of carbonyl (C=O) groups excluding carboxylic acids is 2. The van der Waals surface area contributed by atoms with Gasteiger partial charge in [-0.15, -0.1) is 0 Å². The molecule has 2 rings (SSSR count). The first-order chi connectivity index (χ1) is 11.3. The highest BCUT2D eigenvalue weighted by Crippen LogP contribution is 2.31. The lowest BCUT2D eigenvalue weighted by atomic mass is 9.86. The summed E-state index contributed by atoms with van der Waals surface area (Å²) in [5, 5.41) is 21.7. The summed E-state index contributed by atoms with van der Waals surface area (Å²) in [5.74, 6) is -2.23. The molecule has 0 heterocycles. The molecule has 1 fully saturated rings. The Morgan fingerprint density at radius 3 is 2.50 bits per heavy atom. The molecular formula is C16H18NO7-. The lowest BCUT2D eigenvalue weighted by Crippen LogP contribution is -2.35. The minimum Gasteiger partial charge on any atom is -0.545 e. The number of esters is 1. The van der Waals surface area contributed by atoms with Gasteiger partial charge in [0.2, 0.25) is 0 Å². The van der Waals surface area contributed by atoms with Gasteiger partial charge in [-0.1, -0.05) is 6.42 Å². The van der Waals surface area contributed by atoms with Crippen molar-refractivity contribution in [2.75, 3.05) is 6.61 Å². The van der Waals surface area contributed by atoms with E-state index < -0.39 is 40.3 Å². The monoisotopic (exact) mass is 336 g/mol. The fraction of sp³-hybridized carbons (Fsp3) is 0.500. The summed E-state index contributed by atoms with van der Waals surface area (Å²) in [5.41, 5.74) is -1.70. The van der Waals surface area contributed by atoms with Gasteiger partial charge in [0.15, 0.2) is 6.61 Å². The molecule has 0 N–H and O–H groups in total. The molecule has 8 nitrogen and oxygen atoms in total. The molecular weight excluding hydrogens is 318 g/mol. The third-order valence-electron chi connectivity index (χ3n) is 4.01. The van der Waals surface area contributed by atoms with E-state index in [2.05, 4.69) is 0 Å². The predicted molar refractivity (Wildman–Crippen MR) is 80.5 cm³/mol. The van der Waals surface area contributed by atoms with Crippen LogP contribution in [-0.4, -0.2) is 29.1 Å². The molecule has 1 aromatic carbocycles. The summed E-state index contributed by atoms with van der Waals surface area (Å²) in [6.45, 7) is 1.48. The van der Waals surface area contributed by atoms with Gasteiger partial charge in [-0.3, -0.25) is 10.1 Å². The lowest BCUT2D eigenvalue weighted by molar-refractivity contribution is -0.385. The van der Waals surface area contributed by atoms with E-state index in [9.17, 15) is 24.8 Å². The van der Waals surface area contributed by atoms with E-state index in [0.717, 1.165) is 44.2 Å². The average Bonchev–Trinajstić information content (AvgIpc) is 2.52. The van der Waals surface area contributed by atoms with Gasteiger partial charge in [-0.2, -0.15) is 0 Å². The van der Waals surface area contributed by atoms with Crippen molar-refractivity contribution < 1.29 is 29.1 Å².